The van der Waals surface area contributed by atoms with Crippen molar-refractivity contribution in [1.82, 2.24) is 0 Å². The normalized spacial score (nSPS) is 18.8. The zero-order chi connectivity index (χ0) is 15.6. The molecule has 0 saturated heterocycles. The van der Waals surface area contributed by atoms with E-state index in [-0.39, 0.29) is 17.4 Å². The van der Waals surface area contributed by atoms with Gasteiger partial charge in [-0.1, -0.05) is 0 Å². The van der Waals surface area contributed by atoms with Crippen LogP contribution in [-0.2, 0) is 44.6 Å². The molecule has 0 fully saturated rings. The first-order valence-corrected chi connectivity index (χ1v) is 10.3. The standard InChI is InChI=1S/3C2H7O3P.Cr/c3*1-5-6(2,3)4;/h3*1-2H3,(H,3,4);. The van der Waals surface area contributed by atoms with Crippen LogP contribution in [0.5, 0.6) is 0 Å². The van der Waals surface area contributed by atoms with Crippen molar-refractivity contribution >= 4 is 22.8 Å². The van der Waals surface area contributed by atoms with Gasteiger partial charge in [0.1, 0.15) is 0 Å². The predicted molar refractivity (Wildman–Crippen MR) is 68.3 cm³/mol. The van der Waals surface area contributed by atoms with E-state index < -0.39 is 22.8 Å². The third-order valence-electron chi connectivity index (χ3n) is 1.02. The molecule has 0 spiro atoms. The first kappa shape index (κ1) is 28.2. The molecule has 0 aliphatic heterocycles. The monoisotopic (exact) mass is 382 g/mol. The zero-order valence-corrected chi connectivity index (χ0v) is 15.5. The third-order valence-corrected chi connectivity index (χ3v) is 3.05. The van der Waals surface area contributed by atoms with Crippen molar-refractivity contribution in [1.29, 1.82) is 0 Å². The molecule has 0 saturated carbocycles. The Morgan fingerprint density at radius 2 is 0.684 bits per heavy atom. The Kier molecular flexibility index (Phi) is 18.8. The van der Waals surface area contributed by atoms with Crippen LogP contribution in [-0.4, -0.2) is 56.0 Å². The van der Waals surface area contributed by atoms with Crippen molar-refractivity contribution < 1.29 is 59.3 Å². The average Bonchev–Trinajstić information content (AvgIpc) is 2.16. The van der Waals surface area contributed by atoms with Crippen molar-refractivity contribution in [3.05, 3.63) is 0 Å². The molecular weight excluding hydrogens is 361 g/mol. The van der Waals surface area contributed by atoms with Gasteiger partial charge in [-0.2, -0.15) is 0 Å². The fraction of sp³-hybridized carbons (Fsp3) is 1.00. The topological polar surface area (TPSA) is 140 Å². The second kappa shape index (κ2) is 12.7. The van der Waals surface area contributed by atoms with Crippen molar-refractivity contribution in [3.8, 4) is 0 Å². The minimum Gasteiger partial charge on any atom is -0.324 e. The van der Waals surface area contributed by atoms with Gasteiger partial charge in [0.2, 0.25) is 0 Å². The maximum absolute atomic E-state index is 9.92. The molecule has 0 aromatic heterocycles. The molecule has 0 heterocycles. The molecular formula is C6H21CrO9P3. The van der Waals surface area contributed by atoms with E-state index in [0.29, 0.717) is 0 Å². The van der Waals surface area contributed by atoms with Gasteiger partial charge in [0.05, 0.1) is 0 Å². The number of rotatable bonds is 3. The van der Waals surface area contributed by atoms with Gasteiger partial charge in [0, 0.05) is 58.7 Å². The summed E-state index contributed by atoms with van der Waals surface area (Å²) in [5.74, 6) is 0. The molecule has 0 amide bonds. The van der Waals surface area contributed by atoms with E-state index in [1.165, 1.54) is 21.3 Å². The van der Waals surface area contributed by atoms with E-state index in [1.807, 2.05) is 0 Å². The van der Waals surface area contributed by atoms with Gasteiger partial charge in [0.25, 0.3) is 0 Å². The van der Waals surface area contributed by atoms with Gasteiger partial charge >= 0.3 is 22.8 Å². The van der Waals surface area contributed by atoms with E-state index in [4.69, 9.17) is 14.7 Å². The molecule has 9 nitrogen and oxygen atoms in total. The fourth-order valence-corrected chi connectivity index (χ4v) is 0. The number of hydrogen-bond donors (Lipinski definition) is 3. The maximum atomic E-state index is 9.92. The quantitative estimate of drug-likeness (QED) is 0.617. The van der Waals surface area contributed by atoms with Gasteiger partial charge in [-0.05, 0) is 0 Å². The largest absolute Gasteiger partial charge is 0.324 e. The van der Waals surface area contributed by atoms with Crippen LogP contribution in [0.25, 0.3) is 0 Å². The Bertz CT molecular complexity index is 277. The molecule has 0 aromatic rings. The summed E-state index contributed by atoms with van der Waals surface area (Å²) in [6.45, 7) is 3.40. The molecule has 0 bridgehead atoms. The smallest absolute Gasteiger partial charge is 0.324 e. The summed E-state index contributed by atoms with van der Waals surface area (Å²) in [5.41, 5.74) is 0. The van der Waals surface area contributed by atoms with Crippen molar-refractivity contribution in [2.45, 2.75) is 0 Å². The van der Waals surface area contributed by atoms with Gasteiger partial charge in [-0.3, -0.25) is 13.7 Å². The minimum atomic E-state index is -3.15. The van der Waals surface area contributed by atoms with Gasteiger partial charge in [-0.15, -0.1) is 0 Å². The van der Waals surface area contributed by atoms with Crippen molar-refractivity contribution in [2.24, 2.45) is 0 Å². The molecule has 0 aromatic carbocycles. The van der Waals surface area contributed by atoms with E-state index in [0.717, 1.165) is 20.0 Å². The molecule has 0 rings (SSSR count). The molecule has 0 aliphatic rings. The zero-order valence-electron chi connectivity index (χ0n) is 11.5. The average molecular weight is 382 g/mol. The SMILES string of the molecule is COP(C)(=O)O.COP(C)(=O)O.COP(C)(=O)O.[Cr]. The second-order valence-corrected chi connectivity index (χ2v) is 8.87. The predicted octanol–water partition coefficient (Wildman–Crippen LogP) is 1.34. The number of hydrogen-bond acceptors (Lipinski definition) is 6. The summed E-state index contributed by atoms with van der Waals surface area (Å²) in [4.78, 5) is 24.5. The van der Waals surface area contributed by atoms with Crippen LogP contribution in [0, 0.1) is 0 Å². The van der Waals surface area contributed by atoms with Crippen LogP contribution < -0.4 is 0 Å². The Balaban J connectivity index is -0.0000000865. The van der Waals surface area contributed by atoms with E-state index >= 15 is 0 Å². The third kappa shape index (κ3) is 54.9. The van der Waals surface area contributed by atoms with E-state index in [9.17, 15) is 13.7 Å². The van der Waals surface area contributed by atoms with Crippen LogP contribution in [0.3, 0.4) is 0 Å². The summed E-state index contributed by atoms with van der Waals surface area (Å²) < 4.78 is 41.9. The van der Waals surface area contributed by atoms with Crippen LogP contribution in [0.1, 0.15) is 0 Å². The van der Waals surface area contributed by atoms with Crippen LogP contribution in [0.4, 0.5) is 0 Å². The first-order chi connectivity index (χ1) is 7.68. The van der Waals surface area contributed by atoms with Crippen LogP contribution >= 0.6 is 22.8 Å². The molecule has 3 atom stereocenters. The summed E-state index contributed by atoms with van der Waals surface area (Å²) in [5, 5.41) is 0. The molecule has 19 heavy (non-hydrogen) atoms. The van der Waals surface area contributed by atoms with E-state index in [1.54, 1.807) is 0 Å². The van der Waals surface area contributed by atoms with Gasteiger partial charge < -0.3 is 28.3 Å². The Hall–Kier alpha value is 0.982. The Morgan fingerprint density at radius 3 is 0.684 bits per heavy atom. The molecule has 3 unspecified atom stereocenters. The second-order valence-electron chi connectivity index (χ2n) is 2.96. The minimum absolute atomic E-state index is 0. The maximum Gasteiger partial charge on any atom is 0.324 e. The molecule has 0 aliphatic carbocycles. The van der Waals surface area contributed by atoms with Gasteiger partial charge in [0.15, 0.2) is 0 Å². The molecule has 3 N–H and O–H groups in total. The Morgan fingerprint density at radius 1 is 0.632 bits per heavy atom. The Labute approximate surface area is 124 Å². The van der Waals surface area contributed by atoms with Crippen molar-refractivity contribution in [2.75, 3.05) is 41.3 Å². The van der Waals surface area contributed by atoms with Crippen molar-refractivity contribution in [3.63, 3.8) is 0 Å². The van der Waals surface area contributed by atoms with Gasteiger partial charge in [-0.25, -0.2) is 0 Å². The summed E-state index contributed by atoms with van der Waals surface area (Å²) in [7, 11) is -5.85. The summed E-state index contributed by atoms with van der Waals surface area (Å²) in [6, 6.07) is 0. The molecule has 13 heteroatoms. The fourth-order valence-electron chi connectivity index (χ4n) is 0. The molecule has 0 radical (unpaired) electrons. The van der Waals surface area contributed by atoms with E-state index in [2.05, 4.69) is 13.6 Å². The van der Waals surface area contributed by atoms with Crippen LogP contribution in [0.2, 0.25) is 0 Å². The molecule has 120 valence electrons. The first-order valence-electron chi connectivity index (χ1n) is 4.26. The summed E-state index contributed by atoms with van der Waals surface area (Å²) >= 11 is 0. The summed E-state index contributed by atoms with van der Waals surface area (Å²) in [6.07, 6.45) is 0. The van der Waals surface area contributed by atoms with Crippen LogP contribution in [0.15, 0.2) is 0 Å².